The molecule has 19 heavy (non-hydrogen) atoms. The normalized spacial score (nSPS) is 18.4. The number of hydrogen-bond acceptors (Lipinski definition) is 3. The van der Waals surface area contributed by atoms with Crippen LogP contribution in [0.1, 0.15) is 35.6 Å². The number of nitrogens with two attached hydrogens (primary N) is 1. The van der Waals surface area contributed by atoms with Crippen LogP contribution in [0.2, 0.25) is 0 Å². The minimum Gasteiger partial charge on any atom is -0.481 e. The predicted molar refractivity (Wildman–Crippen MR) is 70.0 cm³/mol. The molecular weight excluding hydrogens is 244 g/mol. The molecule has 5 heteroatoms. The minimum absolute atomic E-state index is 0.0686. The summed E-state index contributed by atoms with van der Waals surface area (Å²) >= 11 is 0. The van der Waals surface area contributed by atoms with Gasteiger partial charge in [-0.25, -0.2) is 0 Å². The van der Waals surface area contributed by atoms with Crippen molar-refractivity contribution in [1.82, 2.24) is 0 Å². The van der Waals surface area contributed by atoms with Crippen molar-refractivity contribution in [3.8, 4) is 0 Å². The summed E-state index contributed by atoms with van der Waals surface area (Å²) in [6, 6.07) is 3.45. The summed E-state index contributed by atoms with van der Waals surface area (Å²) in [6.07, 6.45) is 2.03. The summed E-state index contributed by atoms with van der Waals surface area (Å²) in [5.74, 6) is -0.702. The third kappa shape index (κ3) is 2.00. The quantitative estimate of drug-likeness (QED) is 0.849. The molecular formula is C14H16N2O3. The summed E-state index contributed by atoms with van der Waals surface area (Å²) in [6.45, 7) is 0.735. The number of nitrogens with zero attached hydrogens (tertiary/aromatic N) is 1. The van der Waals surface area contributed by atoms with Gasteiger partial charge in [-0.05, 0) is 29.5 Å². The number of aliphatic carboxylic acids is 1. The number of aryl methyl sites for hydroxylation is 1. The fourth-order valence-electron chi connectivity index (χ4n) is 3.00. The lowest BCUT2D eigenvalue weighted by Crippen LogP contribution is -2.33. The monoisotopic (exact) mass is 260 g/mol. The van der Waals surface area contributed by atoms with Gasteiger partial charge in [0, 0.05) is 19.0 Å². The maximum Gasteiger partial charge on any atom is 0.305 e. The largest absolute Gasteiger partial charge is 0.481 e. The van der Waals surface area contributed by atoms with Gasteiger partial charge in [-0.2, -0.15) is 0 Å². The van der Waals surface area contributed by atoms with Crippen LogP contribution in [0.4, 0.5) is 5.69 Å². The van der Waals surface area contributed by atoms with Crippen molar-refractivity contribution in [2.75, 3.05) is 11.4 Å². The molecule has 1 unspecified atom stereocenters. The number of hydrogen-bond donors (Lipinski definition) is 2. The molecule has 5 nitrogen and oxygen atoms in total. The molecule has 0 aromatic heterocycles. The van der Waals surface area contributed by atoms with Crippen molar-refractivity contribution >= 4 is 17.6 Å². The zero-order chi connectivity index (χ0) is 13.6. The number of amides is 1. The zero-order valence-electron chi connectivity index (χ0n) is 10.6. The summed E-state index contributed by atoms with van der Waals surface area (Å²) < 4.78 is 0. The number of carboxylic acids is 1. The van der Waals surface area contributed by atoms with Crippen LogP contribution < -0.4 is 10.6 Å². The van der Waals surface area contributed by atoms with Crippen molar-refractivity contribution < 1.29 is 14.7 Å². The number of carboxylic acid groups (broad SMARTS) is 1. The van der Waals surface area contributed by atoms with Gasteiger partial charge in [-0.15, -0.1) is 0 Å². The van der Waals surface area contributed by atoms with Gasteiger partial charge in [-0.1, -0.05) is 12.1 Å². The van der Waals surface area contributed by atoms with Crippen molar-refractivity contribution in [3.63, 3.8) is 0 Å². The van der Waals surface area contributed by atoms with Crippen LogP contribution >= 0.6 is 0 Å². The van der Waals surface area contributed by atoms with E-state index in [1.54, 1.807) is 0 Å². The molecule has 2 aliphatic rings. The number of carbonyl (C=O) groups excluding carboxylic acids is 1. The smallest absolute Gasteiger partial charge is 0.305 e. The zero-order valence-corrected chi connectivity index (χ0v) is 10.6. The first kappa shape index (κ1) is 12.2. The molecule has 3 rings (SSSR count). The van der Waals surface area contributed by atoms with E-state index in [4.69, 9.17) is 10.8 Å². The molecule has 1 aromatic rings. The fourth-order valence-corrected chi connectivity index (χ4v) is 3.00. The maximum atomic E-state index is 11.8. The maximum absolute atomic E-state index is 11.8. The Bertz CT molecular complexity index is 568. The fraction of sp³-hybridized carbons (Fsp3) is 0.429. The second-order valence-corrected chi connectivity index (χ2v) is 5.19. The summed E-state index contributed by atoms with van der Waals surface area (Å²) in [5, 5.41) is 8.82. The van der Waals surface area contributed by atoms with Crippen LogP contribution in [-0.4, -0.2) is 23.5 Å². The molecule has 0 aliphatic carbocycles. The van der Waals surface area contributed by atoms with Crippen LogP contribution in [0.5, 0.6) is 0 Å². The van der Waals surface area contributed by atoms with E-state index in [2.05, 4.69) is 0 Å². The Hall–Kier alpha value is -1.88. The molecule has 0 saturated carbocycles. The SMILES string of the molecule is NC(CC(=O)O)c1cc2c3c(c1)CCN3C(=O)CC2. The number of rotatable bonds is 3. The van der Waals surface area contributed by atoms with Gasteiger partial charge < -0.3 is 15.7 Å². The van der Waals surface area contributed by atoms with E-state index in [0.717, 1.165) is 41.8 Å². The van der Waals surface area contributed by atoms with Crippen LogP contribution in [0.3, 0.4) is 0 Å². The van der Waals surface area contributed by atoms with Crippen LogP contribution in [0, 0.1) is 0 Å². The lowest BCUT2D eigenvalue weighted by Gasteiger charge is -2.26. The lowest BCUT2D eigenvalue weighted by molar-refractivity contribution is -0.137. The number of benzene rings is 1. The predicted octanol–water partition coefficient (Wildman–Crippen LogP) is 0.996. The Kier molecular flexibility index (Phi) is 2.78. The molecule has 3 N–H and O–H groups in total. The Balaban J connectivity index is 1.99. The van der Waals surface area contributed by atoms with Gasteiger partial charge in [-0.3, -0.25) is 9.59 Å². The molecule has 1 aromatic carbocycles. The first-order valence-electron chi connectivity index (χ1n) is 6.49. The Morgan fingerprint density at radius 3 is 2.68 bits per heavy atom. The minimum atomic E-state index is -0.890. The molecule has 2 aliphatic heterocycles. The van der Waals surface area contributed by atoms with Crippen molar-refractivity contribution in [1.29, 1.82) is 0 Å². The van der Waals surface area contributed by atoms with Gasteiger partial charge in [0.1, 0.15) is 0 Å². The molecule has 0 saturated heterocycles. The Labute approximate surface area is 111 Å². The Morgan fingerprint density at radius 1 is 1.32 bits per heavy atom. The van der Waals surface area contributed by atoms with Gasteiger partial charge in [0.15, 0.2) is 0 Å². The second-order valence-electron chi connectivity index (χ2n) is 5.19. The van der Waals surface area contributed by atoms with E-state index in [1.165, 1.54) is 0 Å². The molecule has 2 heterocycles. The van der Waals surface area contributed by atoms with E-state index in [0.29, 0.717) is 6.42 Å². The van der Waals surface area contributed by atoms with E-state index < -0.39 is 12.0 Å². The molecule has 0 bridgehead atoms. The molecule has 1 amide bonds. The first-order valence-corrected chi connectivity index (χ1v) is 6.49. The third-order valence-corrected chi connectivity index (χ3v) is 3.90. The van der Waals surface area contributed by atoms with Crippen LogP contribution in [-0.2, 0) is 22.4 Å². The van der Waals surface area contributed by atoms with Gasteiger partial charge >= 0.3 is 5.97 Å². The van der Waals surface area contributed by atoms with Gasteiger partial charge in [0.2, 0.25) is 5.91 Å². The van der Waals surface area contributed by atoms with Crippen molar-refractivity contribution in [2.24, 2.45) is 5.73 Å². The van der Waals surface area contributed by atoms with Crippen LogP contribution in [0.15, 0.2) is 12.1 Å². The lowest BCUT2D eigenvalue weighted by atomic mass is 9.93. The van der Waals surface area contributed by atoms with E-state index in [1.807, 2.05) is 17.0 Å². The topological polar surface area (TPSA) is 83.6 Å². The number of carbonyl (C=O) groups is 2. The molecule has 0 radical (unpaired) electrons. The highest BCUT2D eigenvalue weighted by Crippen LogP contribution is 2.38. The van der Waals surface area contributed by atoms with E-state index in [9.17, 15) is 9.59 Å². The van der Waals surface area contributed by atoms with Gasteiger partial charge in [0.25, 0.3) is 0 Å². The highest BCUT2D eigenvalue weighted by molar-refractivity contribution is 5.98. The first-order chi connectivity index (χ1) is 9.06. The highest BCUT2D eigenvalue weighted by atomic mass is 16.4. The number of anilines is 1. The van der Waals surface area contributed by atoms with Crippen LogP contribution in [0.25, 0.3) is 0 Å². The van der Waals surface area contributed by atoms with Crippen molar-refractivity contribution in [2.45, 2.75) is 31.7 Å². The molecule has 1 atom stereocenters. The average molecular weight is 260 g/mol. The Morgan fingerprint density at radius 2 is 2.00 bits per heavy atom. The third-order valence-electron chi connectivity index (χ3n) is 3.90. The summed E-state index contributed by atoms with van der Waals surface area (Å²) in [7, 11) is 0. The van der Waals surface area contributed by atoms with E-state index >= 15 is 0 Å². The van der Waals surface area contributed by atoms with Crippen molar-refractivity contribution in [3.05, 3.63) is 28.8 Å². The highest BCUT2D eigenvalue weighted by Gasteiger charge is 2.31. The van der Waals surface area contributed by atoms with E-state index in [-0.39, 0.29) is 12.3 Å². The average Bonchev–Trinajstić information content (AvgIpc) is 2.78. The summed E-state index contributed by atoms with van der Waals surface area (Å²) in [4.78, 5) is 24.4. The second kappa shape index (κ2) is 4.35. The molecule has 0 fully saturated rings. The molecule has 100 valence electrons. The van der Waals surface area contributed by atoms with Gasteiger partial charge in [0.05, 0.1) is 12.1 Å². The standard InChI is InChI=1S/C14H16N2O3/c15-11(7-13(18)19)10-5-8-1-2-12(17)16-4-3-9(6-10)14(8)16/h5-6,11H,1-4,7,15H2,(H,18,19). The summed E-state index contributed by atoms with van der Waals surface area (Å²) in [5.41, 5.74) is 10.1. The molecule has 0 spiro atoms.